The maximum atomic E-state index is 12.1. The van der Waals surface area contributed by atoms with Gasteiger partial charge in [-0.15, -0.1) is 0 Å². The quantitative estimate of drug-likeness (QED) is 0.769. The molecule has 0 aliphatic heterocycles. The Hall–Kier alpha value is -2.53. The van der Waals surface area contributed by atoms with E-state index in [4.69, 9.17) is 16.3 Å². The fourth-order valence-electron chi connectivity index (χ4n) is 2.66. The minimum Gasteiger partial charge on any atom is -0.496 e. The molecule has 0 aromatic heterocycles. The van der Waals surface area contributed by atoms with Crippen LogP contribution in [0.1, 0.15) is 18.9 Å². The molecule has 0 saturated carbocycles. The van der Waals surface area contributed by atoms with E-state index in [9.17, 15) is 9.59 Å². The summed E-state index contributed by atoms with van der Waals surface area (Å²) in [6, 6.07) is 14.8. The number of nitrogens with zero attached hydrogens (tertiary/aromatic N) is 1. The van der Waals surface area contributed by atoms with Gasteiger partial charge in [-0.3, -0.25) is 9.59 Å². The first kappa shape index (κ1) is 19.8. The molecule has 138 valence electrons. The van der Waals surface area contributed by atoms with Gasteiger partial charge in [0.1, 0.15) is 5.75 Å². The lowest BCUT2D eigenvalue weighted by Crippen LogP contribution is -2.34. The van der Waals surface area contributed by atoms with E-state index in [1.54, 1.807) is 36.3 Å². The summed E-state index contributed by atoms with van der Waals surface area (Å²) in [5, 5.41) is 3.43. The highest BCUT2D eigenvalue weighted by Gasteiger charge is 2.13. The molecule has 0 atom stereocenters. The van der Waals surface area contributed by atoms with Gasteiger partial charge in [0.05, 0.1) is 7.11 Å². The van der Waals surface area contributed by atoms with Crippen LogP contribution < -0.4 is 15.0 Å². The van der Waals surface area contributed by atoms with Gasteiger partial charge in [0.25, 0.3) is 0 Å². The predicted molar refractivity (Wildman–Crippen MR) is 104 cm³/mol. The Morgan fingerprint density at radius 2 is 1.92 bits per heavy atom. The number of anilines is 1. The Morgan fingerprint density at radius 1 is 1.15 bits per heavy atom. The first-order valence-electron chi connectivity index (χ1n) is 8.43. The number of nitrogens with one attached hydrogen (secondary N) is 1. The van der Waals surface area contributed by atoms with Gasteiger partial charge < -0.3 is 15.0 Å². The van der Waals surface area contributed by atoms with Crippen molar-refractivity contribution in [3.05, 3.63) is 59.1 Å². The molecule has 0 saturated heterocycles. The normalized spacial score (nSPS) is 10.3. The molecule has 0 aliphatic carbocycles. The van der Waals surface area contributed by atoms with Crippen LogP contribution in [-0.2, 0) is 16.0 Å². The molecule has 0 fully saturated rings. The van der Waals surface area contributed by atoms with Gasteiger partial charge >= 0.3 is 0 Å². The van der Waals surface area contributed by atoms with E-state index in [0.717, 1.165) is 11.3 Å². The first-order chi connectivity index (χ1) is 12.5. The smallest absolute Gasteiger partial charge is 0.223 e. The Kier molecular flexibility index (Phi) is 7.48. The highest BCUT2D eigenvalue weighted by molar-refractivity contribution is 6.30. The Labute approximate surface area is 158 Å². The summed E-state index contributed by atoms with van der Waals surface area (Å²) >= 11 is 5.98. The summed E-state index contributed by atoms with van der Waals surface area (Å²) in [7, 11) is 1.63. The van der Waals surface area contributed by atoms with Crippen LogP contribution in [0.3, 0.4) is 0 Å². The third-order valence-electron chi connectivity index (χ3n) is 3.97. The Bertz CT molecular complexity index is 764. The summed E-state index contributed by atoms with van der Waals surface area (Å²) in [4.78, 5) is 25.5. The van der Waals surface area contributed by atoms with Crippen LogP contribution in [0.15, 0.2) is 48.5 Å². The van der Waals surface area contributed by atoms with Gasteiger partial charge in [-0.25, -0.2) is 0 Å². The van der Waals surface area contributed by atoms with Crippen LogP contribution in [0.5, 0.6) is 5.75 Å². The van der Waals surface area contributed by atoms with Crippen molar-refractivity contribution in [2.24, 2.45) is 0 Å². The molecule has 0 bridgehead atoms. The molecule has 0 aliphatic rings. The zero-order valence-corrected chi connectivity index (χ0v) is 15.8. The third-order valence-corrected chi connectivity index (χ3v) is 4.21. The van der Waals surface area contributed by atoms with Crippen LogP contribution in [0.4, 0.5) is 5.69 Å². The van der Waals surface area contributed by atoms with Crippen LogP contribution in [-0.4, -0.2) is 32.0 Å². The first-order valence-corrected chi connectivity index (χ1v) is 8.81. The van der Waals surface area contributed by atoms with Gasteiger partial charge in [0.2, 0.25) is 11.8 Å². The number of hydrogen-bond donors (Lipinski definition) is 1. The van der Waals surface area contributed by atoms with Crippen LogP contribution in [0.25, 0.3) is 0 Å². The summed E-state index contributed by atoms with van der Waals surface area (Å²) in [6.07, 6.45) is 0.901. The van der Waals surface area contributed by atoms with Crippen molar-refractivity contribution < 1.29 is 14.3 Å². The summed E-state index contributed by atoms with van der Waals surface area (Å²) < 4.78 is 5.30. The number of amides is 2. The van der Waals surface area contributed by atoms with Crippen molar-refractivity contribution in [1.82, 2.24) is 5.32 Å². The number of benzene rings is 2. The second-order valence-electron chi connectivity index (χ2n) is 5.81. The zero-order valence-electron chi connectivity index (χ0n) is 15.0. The highest BCUT2D eigenvalue weighted by atomic mass is 35.5. The van der Waals surface area contributed by atoms with Crippen molar-refractivity contribution in [3.63, 3.8) is 0 Å². The lowest BCUT2D eigenvalue weighted by molar-refractivity contribution is -0.121. The molecule has 1 N–H and O–H groups in total. The molecule has 2 rings (SSSR count). The molecular weight excluding hydrogens is 352 g/mol. The lowest BCUT2D eigenvalue weighted by Gasteiger charge is -2.21. The average molecular weight is 375 g/mol. The van der Waals surface area contributed by atoms with E-state index in [1.807, 2.05) is 24.3 Å². The minimum absolute atomic E-state index is 0.104. The molecule has 6 heteroatoms. The average Bonchev–Trinajstić information content (AvgIpc) is 2.62. The second kappa shape index (κ2) is 9.82. The lowest BCUT2D eigenvalue weighted by atomic mass is 10.1. The molecular formula is C20H23ClN2O3. The van der Waals surface area contributed by atoms with Gasteiger partial charge in [-0.1, -0.05) is 35.9 Å². The number of halogens is 1. The van der Waals surface area contributed by atoms with Crippen molar-refractivity contribution in [3.8, 4) is 5.75 Å². The standard InChI is InChI=1S/C20H23ClN2O3/c1-15(24)23(18-8-5-7-17(21)14-18)13-11-20(25)22-12-10-16-6-3-4-9-19(16)26-2/h3-9,14H,10-13H2,1-2H3,(H,22,25). The number of ether oxygens (including phenoxy) is 1. The number of carbonyl (C=O) groups excluding carboxylic acids is 2. The summed E-state index contributed by atoms with van der Waals surface area (Å²) in [5.41, 5.74) is 1.73. The second-order valence-corrected chi connectivity index (χ2v) is 6.25. The molecule has 0 spiro atoms. The van der Waals surface area contributed by atoms with Gasteiger partial charge in [0, 0.05) is 37.1 Å². The topological polar surface area (TPSA) is 58.6 Å². The van der Waals surface area contributed by atoms with Crippen molar-refractivity contribution >= 4 is 29.1 Å². The minimum atomic E-state index is -0.130. The van der Waals surface area contributed by atoms with Gasteiger partial charge in [0.15, 0.2) is 0 Å². The molecule has 2 aromatic rings. The Morgan fingerprint density at radius 3 is 2.62 bits per heavy atom. The summed E-state index contributed by atoms with van der Waals surface area (Å²) in [5.74, 6) is 0.577. The van der Waals surface area contributed by atoms with Gasteiger partial charge in [-0.2, -0.15) is 0 Å². The third kappa shape index (κ3) is 5.77. The Balaban J connectivity index is 1.84. The molecule has 0 radical (unpaired) electrons. The maximum Gasteiger partial charge on any atom is 0.223 e. The largest absolute Gasteiger partial charge is 0.496 e. The molecule has 0 heterocycles. The van der Waals surface area contributed by atoms with Crippen LogP contribution in [0, 0.1) is 0 Å². The fraction of sp³-hybridized carbons (Fsp3) is 0.300. The molecule has 0 unspecified atom stereocenters. The van der Waals surface area contributed by atoms with E-state index in [0.29, 0.717) is 30.2 Å². The van der Waals surface area contributed by atoms with E-state index < -0.39 is 0 Å². The number of para-hydroxylation sites is 1. The van der Waals surface area contributed by atoms with Crippen LogP contribution in [0.2, 0.25) is 5.02 Å². The molecule has 5 nitrogen and oxygen atoms in total. The number of hydrogen-bond acceptors (Lipinski definition) is 3. The van der Waals surface area contributed by atoms with Crippen molar-refractivity contribution in [2.45, 2.75) is 19.8 Å². The zero-order chi connectivity index (χ0) is 18.9. The molecule has 26 heavy (non-hydrogen) atoms. The molecule has 2 aromatic carbocycles. The van der Waals surface area contributed by atoms with E-state index in [-0.39, 0.29) is 18.2 Å². The number of rotatable bonds is 8. The van der Waals surface area contributed by atoms with Crippen molar-refractivity contribution in [2.75, 3.05) is 25.1 Å². The fourth-order valence-corrected chi connectivity index (χ4v) is 2.84. The number of methoxy groups -OCH3 is 1. The predicted octanol–water partition coefficient (Wildman–Crippen LogP) is 3.45. The maximum absolute atomic E-state index is 12.1. The van der Waals surface area contributed by atoms with E-state index >= 15 is 0 Å². The van der Waals surface area contributed by atoms with Crippen LogP contribution >= 0.6 is 11.6 Å². The van der Waals surface area contributed by atoms with Crippen molar-refractivity contribution in [1.29, 1.82) is 0 Å². The highest BCUT2D eigenvalue weighted by Crippen LogP contribution is 2.20. The van der Waals surface area contributed by atoms with E-state index in [2.05, 4.69) is 5.32 Å². The monoisotopic (exact) mass is 374 g/mol. The van der Waals surface area contributed by atoms with Gasteiger partial charge in [-0.05, 0) is 36.2 Å². The summed E-state index contributed by atoms with van der Waals surface area (Å²) in [6.45, 7) is 2.28. The van der Waals surface area contributed by atoms with E-state index in [1.165, 1.54) is 6.92 Å². The number of carbonyl (C=O) groups is 2. The molecule has 2 amide bonds. The SMILES string of the molecule is COc1ccccc1CCNC(=O)CCN(C(C)=O)c1cccc(Cl)c1.